The summed E-state index contributed by atoms with van der Waals surface area (Å²) in [5.74, 6) is 1.55. The Bertz CT molecular complexity index is 1250. The third-order valence-corrected chi connectivity index (χ3v) is 5.56. The number of aryl methyl sites for hydroxylation is 1. The van der Waals surface area contributed by atoms with Crippen molar-refractivity contribution in [2.45, 2.75) is 38.4 Å². The lowest BCUT2D eigenvalue weighted by Crippen LogP contribution is -2.27. The van der Waals surface area contributed by atoms with Gasteiger partial charge in [-0.2, -0.15) is 5.10 Å². The van der Waals surface area contributed by atoms with Crippen molar-refractivity contribution in [3.8, 4) is 0 Å². The first-order chi connectivity index (χ1) is 14.7. The summed E-state index contributed by atoms with van der Waals surface area (Å²) in [7, 11) is 0. The molecule has 1 unspecified atom stereocenters. The van der Waals surface area contributed by atoms with Gasteiger partial charge in [0.1, 0.15) is 11.6 Å². The number of nitrogens with one attached hydrogen (secondary N) is 1. The van der Waals surface area contributed by atoms with E-state index in [-0.39, 0.29) is 11.7 Å². The molecule has 1 atom stereocenters. The van der Waals surface area contributed by atoms with Crippen LogP contribution in [0.25, 0.3) is 11.0 Å². The molecule has 9 heteroatoms. The number of aromatic nitrogens is 6. The molecule has 1 aliphatic rings. The van der Waals surface area contributed by atoms with Crippen molar-refractivity contribution in [3.05, 3.63) is 75.8 Å². The van der Waals surface area contributed by atoms with Gasteiger partial charge in [0.2, 0.25) is 0 Å². The van der Waals surface area contributed by atoms with Gasteiger partial charge in [-0.1, -0.05) is 17.7 Å². The van der Waals surface area contributed by atoms with Gasteiger partial charge in [0.15, 0.2) is 0 Å². The van der Waals surface area contributed by atoms with Gasteiger partial charge >= 0.3 is 5.69 Å². The van der Waals surface area contributed by atoms with Crippen LogP contribution < -0.4 is 11.0 Å². The van der Waals surface area contributed by atoms with E-state index in [1.54, 1.807) is 29.2 Å². The minimum Gasteiger partial charge on any atom is -0.366 e. The fourth-order valence-corrected chi connectivity index (χ4v) is 3.97. The number of halogens is 1. The van der Waals surface area contributed by atoms with Crippen LogP contribution in [0.2, 0.25) is 5.02 Å². The quantitative estimate of drug-likeness (QED) is 0.545. The molecule has 4 aromatic rings. The van der Waals surface area contributed by atoms with E-state index in [1.165, 1.54) is 4.68 Å². The number of hydrogen-bond acceptors (Lipinski definition) is 6. The van der Waals surface area contributed by atoms with Crippen molar-refractivity contribution in [1.82, 2.24) is 29.3 Å². The van der Waals surface area contributed by atoms with Crippen LogP contribution in [0.3, 0.4) is 0 Å². The summed E-state index contributed by atoms with van der Waals surface area (Å²) in [6.07, 6.45) is 7.61. The molecule has 3 aromatic heterocycles. The Balaban J connectivity index is 1.29. The van der Waals surface area contributed by atoms with E-state index in [0.717, 1.165) is 47.5 Å². The normalized spacial score (nSPS) is 16.2. The molecular formula is C21H20ClN7O. The molecule has 1 N–H and O–H groups in total. The van der Waals surface area contributed by atoms with Gasteiger partial charge in [0.05, 0.1) is 23.8 Å². The van der Waals surface area contributed by atoms with Crippen molar-refractivity contribution in [2.75, 3.05) is 5.32 Å². The number of pyridine rings is 1. The van der Waals surface area contributed by atoms with E-state index < -0.39 is 0 Å². The maximum atomic E-state index is 12.8. The predicted molar refractivity (Wildman–Crippen MR) is 115 cm³/mol. The topological polar surface area (TPSA) is 90.5 Å². The second-order valence-corrected chi connectivity index (χ2v) is 7.86. The van der Waals surface area contributed by atoms with Gasteiger partial charge in [0, 0.05) is 36.4 Å². The summed E-state index contributed by atoms with van der Waals surface area (Å²) in [5, 5.41) is 8.67. The average Bonchev–Trinajstić information content (AvgIpc) is 2.92. The molecule has 0 saturated heterocycles. The van der Waals surface area contributed by atoms with E-state index >= 15 is 0 Å². The van der Waals surface area contributed by atoms with Gasteiger partial charge in [0.25, 0.3) is 0 Å². The zero-order chi connectivity index (χ0) is 20.5. The SMILES string of the molecule is O=c1n(Cc2cccnc2)nc2n1CCC(Nc1cnc3cc(Cl)ccc3n1)CC2. The van der Waals surface area contributed by atoms with Crippen molar-refractivity contribution in [3.63, 3.8) is 0 Å². The molecule has 0 fully saturated rings. The summed E-state index contributed by atoms with van der Waals surface area (Å²) in [6, 6.07) is 9.48. The molecule has 1 aliphatic heterocycles. The largest absolute Gasteiger partial charge is 0.366 e. The summed E-state index contributed by atoms with van der Waals surface area (Å²) >= 11 is 6.01. The molecule has 0 amide bonds. The van der Waals surface area contributed by atoms with Crippen molar-refractivity contribution in [1.29, 1.82) is 0 Å². The highest BCUT2D eigenvalue weighted by molar-refractivity contribution is 6.31. The minimum atomic E-state index is -0.0723. The summed E-state index contributed by atoms with van der Waals surface area (Å²) in [5.41, 5.74) is 2.45. The Hall–Kier alpha value is -3.26. The highest BCUT2D eigenvalue weighted by Gasteiger charge is 2.21. The fourth-order valence-electron chi connectivity index (χ4n) is 3.80. The molecule has 30 heavy (non-hydrogen) atoms. The van der Waals surface area contributed by atoms with E-state index in [4.69, 9.17) is 11.6 Å². The standard InChI is InChI=1S/C21H20ClN7O/c22-15-3-5-17-18(10-15)24-12-19(26-17)25-16-4-6-20-27-29(21(30)28(20)9-7-16)13-14-2-1-8-23-11-14/h1-3,5,8,10-12,16H,4,6-7,9,13H2,(H,25,26). The van der Waals surface area contributed by atoms with E-state index in [2.05, 4.69) is 25.4 Å². The molecule has 8 nitrogen and oxygen atoms in total. The maximum absolute atomic E-state index is 12.8. The van der Waals surface area contributed by atoms with Crippen LogP contribution in [-0.4, -0.2) is 35.3 Å². The number of hydrogen-bond donors (Lipinski definition) is 1. The first-order valence-electron chi connectivity index (χ1n) is 9.90. The van der Waals surface area contributed by atoms with Gasteiger partial charge in [-0.25, -0.2) is 14.5 Å². The summed E-state index contributed by atoms with van der Waals surface area (Å²) < 4.78 is 3.31. The molecule has 0 saturated carbocycles. The number of nitrogens with zero attached hydrogens (tertiary/aromatic N) is 6. The molecule has 0 radical (unpaired) electrons. The lowest BCUT2D eigenvalue weighted by atomic mass is 10.1. The molecular weight excluding hydrogens is 402 g/mol. The molecule has 0 aliphatic carbocycles. The van der Waals surface area contributed by atoms with Crippen LogP contribution in [0, 0.1) is 0 Å². The average molecular weight is 422 g/mol. The van der Waals surface area contributed by atoms with Crippen LogP contribution >= 0.6 is 11.6 Å². The number of anilines is 1. The smallest absolute Gasteiger partial charge is 0.346 e. The third kappa shape index (κ3) is 3.78. The molecule has 152 valence electrons. The summed E-state index contributed by atoms with van der Waals surface area (Å²) in [6.45, 7) is 1.06. The van der Waals surface area contributed by atoms with Gasteiger partial charge in [-0.05, 0) is 42.7 Å². The van der Waals surface area contributed by atoms with E-state index in [0.29, 0.717) is 18.1 Å². The zero-order valence-corrected chi connectivity index (χ0v) is 17.0. The Kier molecular flexibility index (Phi) is 4.92. The molecule has 0 spiro atoms. The zero-order valence-electron chi connectivity index (χ0n) is 16.2. The Morgan fingerprint density at radius 2 is 2.10 bits per heavy atom. The Morgan fingerprint density at radius 3 is 2.97 bits per heavy atom. The molecule has 0 bridgehead atoms. The van der Waals surface area contributed by atoms with Crippen LogP contribution in [0.5, 0.6) is 0 Å². The Labute approximate surface area is 177 Å². The van der Waals surface area contributed by atoms with Crippen LogP contribution in [0.4, 0.5) is 5.82 Å². The van der Waals surface area contributed by atoms with Crippen LogP contribution in [0.1, 0.15) is 24.2 Å². The first-order valence-corrected chi connectivity index (χ1v) is 10.3. The highest BCUT2D eigenvalue weighted by Crippen LogP contribution is 2.20. The first kappa shape index (κ1) is 18.7. The lowest BCUT2D eigenvalue weighted by Gasteiger charge is -2.16. The predicted octanol–water partition coefficient (Wildman–Crippen LogP) is 2.90. The van der Waals surface area contributed by atoms with Crippen LogP contribution in [0.15, 0.2) is 53.7 Å². The van der Waals surface area contributed by atoms with Crippen molar-refractivity contribution >= 4 is 28.5 Å². The maximum Gasteiger partial charge on any atom is 0.346 e. The fraction of sp³-hybridized carbons (Fsp3) is 0.286. The lowest BCUT2D eigenvalue weighted by molar-refractivity contribution is 0.552. The summed E-state index contributed by atoms with van der Waals surface area (Å²) in [4.78, 5) is 26.0. The van der Waals surface area contributed by atoms with Gasteiger partial charge < -0.3 is 5.32 Å². The van der Waals surface area contributed by atoms with Crippen molar-refractivity contribution in [2.24, 2.45) is 0 Å². The van der Waals surface area contributed by atoms with Gasteiger partial charge in [-0.3, -0.25) is 14.5 Å². The number of rotatable bonds is 4. The van der Waals surface area contributed by atoms with Gasteiger partial charge in [-0.15, -0.1) is 0 Å². The highest BCUT2D eigenvalue weighted by atomic mass is 35.5. The number of benzene rings is 1. The second-order valence-electron chi connectivity index (χ2n) is 7.43. The molecule has 4 heterocycles. The third-order valence-electron chi connectivity index (χ3n) is 5.33. The number of fused-ring (bicyclic) bond motifs is 2. The van der Waals surface area contributed by atoms with E-state index in [9.17, 15) is 4.79 Å². The minimum absolute atomic E-state index is 0.0723. The second kappa shape index (κ2) is 7.87. The van der Waals surface area contributed by atoms with Crippen LogP contribution in [-0.2, 0) is 19.5 Å². The Morgan fingerprint density at radius 1 is 1.17 bits per heavy atom. The monoisotopic (exact) mass is 421 g/mol. The molecule has 5 rings (SSSR count). The molecule has 1 aromatic carbocycles. The van der Waals surface area contributed by atoms with Crippen molar-refractivity contribution < 1.29 is 0 Å². The van der Waals surface area contributed by atoms with E-state index in [1.807, 2.05) is 24.3 Å².